The van der Waals surface area contributed by atoms with E-state index >= 15 is 0 Å². The highest BCUT2D eigenvalue weighted by atomic mass is 19.1. The van der Waals surface area contributed by atoms with Gasteiger partial charge in [-0.25, -0.2) is 4.39 Å². The molecule has 0 saturated carbocycles. The van der Waals surface area contributed by atoms with Crippen LogP contribution in [0, 0.1) is 17.1 Å². The highest BCUT2D eigenvalue weighted by Gasteiger charge is 2.22. The van der Waals surface area contributed by atoms with Gasteiger partial charge in [-0.1, -0.05) is 18.2 Å². The number of halogens is 1. The Hall–Kier alpha value is -2.22. The van der Waals surface area contributed by atoms with Gasteiger partial charge in [-0.2, -0.15) is 5.26 Å². The molecule has 3 rings (SSSR count). The Kier molecular flexibility index (Phi) is 5.24. The van der Waals surface area contributed by atoms with Gasteiger partial charge in [0.1, 0.15) is 11.9 Å². The molecule has 1 N–H and O–H groups in total. The zero-order valence-corrected chi connectivity index (χ0v) is 13.9. The lowest BCUT2D eigenvalue weighted by Crippen LogP contribution is -2.08. The Bertz CT molecular complexity index is 763. The van der Waals surface area contributed by atoms with Crippen LogP contribution in [0.5, 0.6) is 0 Å². The maximum Gasteiger partial charge on any atom is 0.123 e. The quantitative estimate of drug-likeness (QED) is 0.819. The summed E-state index contributed by atoms with van der Waals surface area (Å²) >= 11 is 0. The summed E-state index contributed by atoms with van der Waals surface area (Å²) in [6.45, 7) is 2.07. The van der Waals surface area contributed by atoms with Crippen molar-refractivity contribution < 1.29 is 9.13 Å². The van der Waals surface area contributed by atoms with Crippen molar-refractivity contribution in [3.8, 4) is 17.2 Å². The number of ether oxygens (including phenoxy) is 1. The summed E-state index contributed by atoms with van der Waals surface area (Å²) in [5.41, 5.74) is 5.78. The number of rotatable bonds is 6. The van der Waals surface area contributed by atoms with Crippen molar-refractivity contribution in [3.63, 3.8) is 0 Å². The molecule has 0 spiro atoms. The Morgan fingerprint density at radius 2 is 2.00 bits per heavy atom. The fraction of sp³-hybridized carbons (Fsp3) is 0.350. The topological polar surface area (TPSA) is 45.0 Å². The van der Waals surface area contributed by atoms with Crippen molar-refractivity contribution in [1.82, 2.24) is 5.32 Å². The van der Waals surface area contributed by atoms with E-state index in [2.05, 4.69) is 17.5 Å². The van der Waals surface area contributed by atoms with E-state index in [0.717, 1.165) is 53.6 Å². The second-order valence-corrected chi connectivity index (χ2v) is 6.10. The minimum absolute atomic E-state index is 0.270. The van der Waals surface area contributed by atoms with E-state index in [9.17, 15) is 9.65 Å². The molecule has 0 aliphatic carbocycles. The van der Waals surface area contributed by atoms with Crippen LogP contribution in [0.4, 0.5) is 4.39 Å². The molecular weight excluding hydrogens is 303 g/mol. The molecule has 3 nitrogen and oxygen atoms in total. The van der Waals surface area contributed by atoms with Crippen molar-refractivity contribution in [2.75, 3.05) is 13.6 Å². The molecule has 2 aromatic rings. The molecule has 2 aromatic carbocycles. The number of fused-ring (bicyclic) bond motifs is 1. The summed E-state index contributed by atoms with van der Waals surface area (Å²) in [5, 5.41) is 12.9. The first-order chi connectivity index (χ1) is 11.7. The molecule has 0 aromatic heterocycles. The Morgan fingerprint density at radius 3 is 2.71 bits per heavy atom. The van der Waals surface area contributed by atoms with E-state index in [0.29, 0.717) is 18.8 Å². The maximum absolute atomic E-state index is 13.3. The monoisotopic (exact) mass is 324 g/mol. The van der Waals surface area contributed by atoms with Gasteiger partial charge in [-0.05, 0) is 67.2 Å². The smallest absolute Gasteiger partial charge is 0.123 e. The average Bonchev–Trinajstić information content (AvgIpc) is 3.06. The molecule has 4 heteroatoms. The van der Waals surface area contributed by atoms with E-state index in [1.165, 1.54) is 12.1 Å². The maximum atomic E-state index is 13.3. The molecule has 0 atom stereocenters. The first kappa shape index (κ1) is 16.6. The van der Waals surface area contributed by atoms with Crippen LogP contribution in [0.3, 0.4) is 0 Å². The standard InChI is InChI=1S/C20H21FN2O/c1-23-9-3-2-4-15-10-16-12-24-13-19(16)20(18(15)11-22)14-5-7-17(21)8-6-14/h5-8,10,23H,2-4,9,12-13H2,1H3. The lowest BCUT2D eigenvalue weighted by atomic mass is 9.87. The third kappa shape index (κ3) is 3.33. The third-order valence-electron chi connectivity index (χ3n) is 4.48. The van der Waals surface area contributed by atoms with E-state index in [1.54, 1.807) is 12.1 Å². The molecule has 124 valence electrons. The molecule has 0 bridgehead atoms. The molecule has 0 saturated heterocycles. The van der Waals surface area contributed by atoms with Gasteiger partial charge >= 0.3 is 0 Å². The normalized spacial score (nSPS) is 12.9. The first-order valence-electron chi connectivity index (χ1n) is 8.30. The minimum Gasteiger partial charge on any atom is -0.372 e. The summed E-state index contributed by atoms with van der Waals surface area (Å²) < 4.78 is 18.9. The van der Waals surface area contributed by atoms with Crippen molar-refractivity contribution in [2.24, 2.45) is 0 Å². The lowest BCUT2D eigenvalue weighted by molar-refractivity contribution is 0.134. The highest BCUT2D eigenvalue weighted by Crippen LogP contribution is 2.37. The lowest BCUT2D eigenvalue weighted by Gasteiger charge is -2.15. The van der Waals surface area contributed by atoms with E-state index < -0.39 is 0 Å². The van der Waals surface area contributed by atoms with Crippen LogP contribution in [0.25, 0.3) is 11.1 Å². The second-order valence-electron chi connectivity index (χ2n) is 6.10. The molecule has 1 heterocycles. The summed E-state index contributed by atoms with van der Waals surface area (Å²) in [7, 11) is 1.94. The zero-order chi connectivity index (χ0) is 16.9. The fourth-order valence-electron chi connectivity index (χ4n) is 3.28. The van der Waals surface area contributed by atoms with E-state index in [4.69, 9.17) is 4.74 Å². The van der Waals surface area contributed by atoms with Gasteiger partial charge in [-0.3, -0.25) is 0 Å². The van der Waals surface area contributed by atoms with Gasteiger partial charge in [0, 0.05) is 5.56 Å². The van der Waals surface area contributed by atoms with Crippen LogP contribution < -0.4 is 5.32 Å². The summed E-state index contributed by atoms with van der Waals surface area (Å²) in [5.74, 6) is -0.270. The van der Waals surface area contributed by atoms with Crippen LogP contribution in [0.15, 0.2) is 30.3 Å². The van der Waals surface area contributed by atoms with E-state index in [1.807, 2.05) is 7.05 Å². The van der Waals surface area contributed by atoms with Crippen LogP contribution in [-0.2, 0) is 24.4 Å². The number of nitriles is 1. The van der Waals surface area contributed by atoms with Crippen molar-refractivity contribution >= 4 is 0 Å². The number of benzene rings is 2. The summed E-state index contributed by atoms with van der Waals surface area (Å²) in [6.07, 6.45) is 2.96. The average molecular weight is 324 g/mol. The number of hydrogen-bond donors (Lipinski definition) is 1. The number of hydrogen-bond acceptors (Lipinski definition) is 3. The SMILES string of the molecule is CNCCCCc1cc2c(c(-c3ccc(F)cc3)c1C#N)COC2. The van der Waals surface area contributed by atoms with Gasteiger partial charge in [-0.15, -0.1) is 0 Å². The third-order valence-corrected chi connectivity index (χ3v) is 4.48. The first-order valence-corrected chi connectivity index (χ1v) is 8.30. The Balaban J connectivity index is 2.04. The van der Waals surface area contributed by atoms with Crippen molar-refractivity contribution in [1.29, 1.82) is 5.26 Å². The van der Waals surface area contributed by atoms with Gasteiger partial charge < -0.3 is 10.1 Å². The predicted molar refractivity (Wildman–Crippen MR) is 91.9 cm³/mol. The Labute approximate surface area is 142 Å². The molecule has 0 unspecified atom stereocenters. The van der Waals surface area contributed by atoms with Gasteiger partial charge in [0.2, 0.25) is 0 Å². The van der Waals surface area contributed by atoms with E-state index in [-0.39, 0.29) is 5.82 Å². The highest BCUT2D eigenvalue weighted by molar-refractivity contribution is 5.77. The number of nitrogens with one attached hydrogen (secondary N) is 1. The van der Waals surface area contributed by atoms with Crippen LogP contribution >= 0.6 is 0 Å². The molecule has 0 amide bonds. The summed E-state index contributed by atoms with van der Waals surface area (Å²) in [4.78, 5) is 0. The molecule has 0 radical (unpaired) electrons. The molecule has 24 heavy (non-hydrogen) atoms. The van der Waals surface area contributed by atoms with Crippen molar-refractivity contribution in [2.45, 2.75) is 32.5 Å². The predicted octanol–water partition coefficient (Wildman–Crippen LogP) is 3.94. The van der Waals surface area contributed by atoms with Crippen molar-refractivity contribution in [3.05, 3.63) is 58.4 Å². The van der Waals surface area contributed by atoms with Crippen LogP contribution in [0.1, 0.15) is 35.1 Å². The van der Waals surface area contributed by atoms with Gasteiger partial charge in [0.25, 0.3) is 0 Å². The minimum atomic E-state index is -0.270. The zero-order valence-electron chi connectivity index (χ0n) is 13.9. The van der Waals surface area contributed by atoms with Gasteiger partial charge in [0.15, 0.2) is 0 Å². The molecule has 1 aliphatic heterocycles. The number of nitrogens with zero attached hydrogens (tertiary/aromatic N) is 1. The summed E-state index contributed by atoms with van der Waals surface area (Å²) in [6, 6.07) is 10.9. The van der Waals surface area contributed by atoms with Gasteiger partial charge in [0.05, 0.1) is 18.8 Å². The second kappa shape index (κ2) is 7.57. The molecule has 0 fully saturated rings. The number of aryl methyl sites for hydroxylation is 1. The molecule has 1 aliphatic rings. The van der Waals surface area contributed by atoms with Crippen LogP contribution in [0.2, 0.25) is 0 Å². The Morgan fingerprint density at radius 1 is 1.21 bits per heavy atom. The fourth-order valence-corrected chi connectivity index (χ4v) is 3.28. The van der Waals surface area contributed by atoms with Crippen LogP contribution in [-0.4, -0.2) is 13.6 Å². The molecular formula is C20H21FN2O. The largest absolute Gasteiger partial charge is 0.372 e. The number of unbranched alkanes of at least 4 members (excludes halogenated alkanes) is 1.